The molecule has 47 heavy (non-hydrogen) atoms. The summed E-state index contributed by atoms with van der Waals surface area (Å²) in [6.45, 7) is 4.02. The number of ether oxygens (including phenoxy) is 4. The molecule has 254 valence electrons. The molecule has 6 unspecified atom stereocenters. The lowest BCUT2D eigenvalue weighted by Crippen LogP contribution is -2.37. The second kappa shape index (κ2) is 15.5. The standard InChI is InChI=1S/C31H37FN3O11P/c1-18(2)44-30(38)19(3)34-47(40,43-17-25-28(37)27(32)29(45-25)35-13-12-26(36)33-31(35)39)46-22-10-8-20(9-11-22)6-7-21-14-23(41-4)16-24(15-21)42-5/h6-16,18-19,25,27-29,37H,17H2,1-5H3,(H,34,40)(H,33,36,39). The van der Waals surface area contributed by atoms with E-state index in [1.165, 1.54) is 19.1 Å². The maximum Gasteiger partial charge on any atom is 0.459 e. The number of esters is 1. The van der Waals surface area contributed by atoms with Crippen molar-refractivity contribution in [3.8, 4) is 17.2 Å². The van der Waals surface area contributed by atoms with Crippen LogP contribution in [0.1, 0.15) is 38.1 Å². The summed E-state index contributed by atoms with van der Waals surface area (Å²) in [5, 5.41) is 13.0. The Morgan fingerprint density at radius 3 is 2.28 bits per heavy atom. The van der Waals surface area contributed by atoms with E-state index in [0.717, 1.165) is 28.0 Å². The summed E-state index contributed by atoms with van der Waals surface area (Å²) in [5.41, 5.74) is -0.0633. The molecule has 3 N–H and O–H groups in total. The second-order valence-corrected chi connectivity index (χ2v) is 12.5. The highest BCUT2D eigenvalue weighted by Crippen LogP contribution is 2.46. The Hall–Kier alpha value is -4.27. The summed E-state index contributed by atoms with van der Waals surface area (Å²) in [5.74, 6) is 0.613. The number of alkyl halides is 1. The first-order valence-electron chi connectivity index (χ1n) is 14.5. The van der Waals surface area contributed by atoms with Gasteiger partial charge in [0, 0.05) is 18.3 Å². The lowest BCUT2D eigenvalue weighted by molar-refractivity contribution is -0.149. The number of benzene rings is 2. The third-order valence-electron chi connectivity index (χ3n) is 6.83. The van der Waals surface area contributed by atoms with Crippen LogP contribution in [-0.2, 0) is 23.4 Å². The smallest absolute Gasteiger partial charge is 0.459 e. The number of hydrogen-bond donors (Lipinski definition) is 3. The zero-order valence-electron chi connectivity index (χ0n) is 26.3. The Kier molecular flexibility index (Phi) is 11.8. The molecule has 1 aromatic heterocycles. The minimum atomic E-state index is -4.42. The van der Waals surface area contributed by atoms with Gasteiger partial charge in [0.05, 0.1) is 26.9 Å². The van der Waals surface area contributed by atoms with Crippen LogP contribution in [0, 0.1) is 0 Å². The van der Waals surface area contributed by atoms with Crippen LogP contribution in [0.3, 0.4) is 0 Å². The first kappa shape index (κ1) is 35.6. The van der Waals surface area contributed by atoms with E-state index < -0.39 is 68.3 Å². The van der Waals surface area contributed by atoms with E-state index in [1.54, 1.807) is 46.3 Å². The topological polar surface area (TPSA) is 177 Å². The molecule has 16 heteroatoms. The monoisotopic (exact) mass is 677 g/mol. The molecule has 0 saturated carbocycles. The predicted octanol–water partition coefficient (Wildman–Crippen LogP) is 3.45. The third-order valence-corrected chi connectivity index (χ3v) is 8.48. The number of nitrogens with one attached hydrogen (secondary N) is 2. The van der Waals surface area contributed by atoms with Gasteiger partial charge in [-0.2, -0.15) is 5.09 Å². The number of nitrogens with zero attached hydrogens (tertiary/aromatic N) is 1. The quantitative estimate of drug-likeness (QED) is 0.129. The van der Waals surface area contributed by atoms with Crippen LogP contribution in [0.25, 0.3) is 12.2 Å². The summed E-state index contributed by atoms with van der Waals surface area (Å²) in [7, 11) is -1.31. The summed E-state index contributed by atoms with van der Waals surface area (Å²) in [4.78, 5) is 38.1. The van der Waals surface area contributed by atoms with Crippen molar-refractivity contribution in [1.29, 1.82) is 0 Å². The molecule has 0 bridgehead atoms. The van der Waals surface area contributed by atoms with Crippen LogP contribution < -0.4 is 30.3 Å². The molecule has 1 aliphatic heterocycles. The molecule has 4 rings (SSSR count). The fourth-order valence-corrected chi connectivity index (χ4v) is 5.98. The number of aromatic amines is 1. The zero-order chi connectivity index (χ0) is 34.3. The highest BCUT2D eigenvalue weighted by molar-refractivity contribution is 7.52. The normalized spacial score (nSPS) is 21.4. The van der Waals surface area contributed by atoms with E-state index >= 15 is 4.39 Å². The molecule has 6 atom stereocenters. The fraction of sp³-hybridized carbons (Fsp3) is 0.387. The van der Waals surface area contributed by atoms with Gasteiger partial charge in [0.1, 0.15) is 35.5 Å². The van der Waals surface area contributed by atoms with Gasteiger partial charge in [-0.05, 0) is 56.2 Å². The number of carbonyl (C=O) groups excluding carboxylic acids is 1. The molecule has 14 nitrogen and oxygen atoms in total. The van der Waals surface area contributed by atoms with Crippen molar-refractivity contribution in [1.82, 2.24) is 14.6 Å². The van der Waals surface area contributed by atoms with Gasteiger partial charge in [0.2, 0.25) is 0 Å². The van der Waals surface area contributed by atoms with E-state index in [1.807, 2.05) is 29.3 Å². The second-order valence-electron chi connectivity index (χ2n) is 10.8. The Bertz CT molecular complexity index is 1700. The van der Waals surface area contributed by atoms with Gasteiger partial charge >= 0.3 is 19.4 Å². The molecular formula is C31H37FN3O11P. The third kappa shape index (κ3) is 9.40. The number of H-pyrrole nitrogens is 1. The van der Waals surface area contributed by atoms with Gasteiger partial charge in [-0.25, -0.2) is 13.8 Å². The van der Waals surface area contributed by atoms with E-state index in [2.05, 4.69) is 5.09 Å². The van der Waals surface area contributed by atoms with Gasteiger partial charge < -0.3 is 28.6 Å². The number of hydrogen-bond acceptors (Lipinski definition) is 11. The van der Waals surface area contributed by atoms with Crippen LogP contribution in [-0.4, -0.2) is 72.0 Å². The molecule has 0 aliphatic carbocycles. The van der Waals surface area contributed by atoms with Gasteiger partial charge in [0.15, 0.2) is 12.4 Å². The lowest BCUT2D eigenvalue weighted by atomic mass is 10.1. The van der Waals surface area contributed by atoms with Crippen molar-refractivity contribution in [2.75, 3.05) is 20.8 Å². The molecule has 0 amide bonds. The van der Waals surface area contributed by atoms with Gasteiger partial charge in [-0.1, -0.05) is 24.3 Å². The number of methoxy groups -OCH3 is 2. The minimum absolute atomic E-state index is 0.0967. The molecule has 2 aromatic carbocycles. The largest absolute Gasteiger partial charge is 0.497 e. The number of aliphatic hydroxyl groups is 1. The Labute approximate surface area is 269 Å². The lowest BCUT2D eigenvalue weighted by Gasteiger charge is -2.25. The molecule has 1 aliphatic rings. The minimum Gasteiger partial charge on any atom is -0.497 e. The van der Waals surface area contributed by atoms with Crippen LogP contribution in [0.2, 0.25) is 0 Å². The molecule has 2 heterocycles. The first-order chi connectivity index (χ1) is 22.3. The number of aliphatic hydroxyl groups excluding tert-OH is 1. The average molecular weight is 678 g/mol. The van der Waals surface area contributed by atoms with Crippen molar-refractivity contribution in [3.63, 3.8) is 0 Å². The maximum absolute atomic E-state index is 15.0. The summed E-state index contributed by atoms with van der Waals surface area (Å²) < 4.78 is 62.3. The summed E-state index contributed by atoms with van der Waals surface area (Å²) >= 11 is 0. The van der Waals surface area contributed by atoms with Gasteiger partial charge in [-0.15, -0.1) is 0 Å². The van der Waals surface area contributed by atoms with Crippen LogP contribution in [0.4, 0.5) is 4.39 Å². The Morgan fingerprint density at radius 2 is 1.68 bits per heavy atom. The van der Waals surface area contributed by atoms with E-state index in [4.69, 9.17) is 28.0 Å². The maximum atomic E-state index is 15.0. The van der Waals surface area contributed by atoms with Gasteiger partial charge in [-0.3, -0.25) is 23.7 Å². The first-order valence-corrected chi connectivity index (χ1v) is 16.1. The zero-order valence-corrected chi connectivity index (χ0v) is 27.2. The van der Waals surface area contributed by atoms with Crippen LogP contribution in [0.15, 0.2) is 64.3 Å². The predicted molar refractivity (Wildman–Crippen MR) is 169 cm³/mol. The van der Waals surface area contributed by atoms with Crippen molar-refractivity contribution in [2.24, 2.45) is 0 Å². The van der Waals surface area contributed by atoms with Gasteiger partial charge in [0.25, 0.3) is 5.56 Å². The van der Waals surface area contributed by atoms with Crippen molar-refractivity contribution in [2.45, 2.75) is 57.5 Å². The Balaban J connectivity index is 1.50. The molecule has 1 saturated heterocycles. The van der Waals surface area contributed by atoms with E-state index in [-0.39, 0.29) is 5.75 Å². The Morgan fingerprint density at radius 1 is 1.04 bits per heavy atom. The number of rotatable bonds is 14. The molecule has 0 radical (unpaired) electrons. The highest BCUT2D eigenvalue weighted by atomic mass is 31.2. The summed E-state index contributed by atoms with van der Waals surface area (Å²) in [6.07, 6.45) is -2.67. The summed E-state index contributed by atoms with van der Waals surface area (Å²) in [6, 6.07) is 11.7. The number of halogens is 1. The van der Waals surface area contributed by atoms with Crippen molar-refractivity contribution in [3.05, 3.63) is 86.7 Å². The van der Waals surface area contributed by atoms with E-state index in [0.29, 0.717) is 11.5 Å². The fourth-order valence-electron chi connectivity index (χ4n) is 4.48. The highest BCUT2D eigenvalue weighted by Gasteiger charge is 2.47. The molecular weight excluding hydrogens is 640 g/mol. The number of carbonyl (C=O) groups is 1. The molecule has 0 spiro atoms. The molecule has 3 aromatic rings. The average Bonchev–Trinajstić information content (AvgIpc) is 3.31. The SMILES string of the molecule is COc1cc(C=Cc2ccc(OP(=O)(NC(C)C(=O)OC(C)C)OCC3OC(n4ccc(=O)[nH]c4=O)C(F)C3O)cc2)cc(OC)c1. The van der Waals surface area contributed by atoms with E-state index in [9.17, 15) is 24.1 Å². The van der Waals surface area contributed by atoms with Crippen molar-refractivity contribution < 1.29 is 46.9 Å². The van der Waals surface area contributed by atoms with Crippen LogP contribution in [0.5, 0.6) is 17.2 Å². The number of aromatic nitrogens is 2. The molecule has 1 fully saturated rings. The van der Waals surface area contributed by atoms with Crippen molar-refractivity contribution >= 4 is 25.9 Å². The van der Waals surface area contributed by atoms with Crippen LogP contribution >= 0.6 is 7.75 Å².